The molecule has 0 fully saturated rings. The number of carbonyl (C=O) groups is 1. The quantitative estimate of drug-likeness (QED) is 0.559. The van der Waals surface area contributed by atoms with Crippen LogP contribution < -0.4 is 5.32 Å². The Morgan fingerprint density at radius 1 is 1.29 bits per heavy atom. The number of thiophene rings is 1. The Labute approximate surface area is 157 Å². The fourth-order valence-electron chi connectivity index (χ4n) is 1.99. The number of amides is 1. The first-order valence-electron chi connectivity index (χ1n) is 7.01. The van der Waals surface area contributed by atoms with E-state index in [2.05, 4.69) is 10.3 Å². The third-order valence-electron chi connectivity index (χ3n) is 3.11. The van der Waals surface area contributed by atoms with Crippen LogP contribution in [0.15, 0.2) is 48.0 Å². The van der Waals surface area contributed by atoms with Gasteiger partial charge in [-0.25, -0.2) is 4.98 Å². The zero-order chi connectivity index (χ0) is 16.9. The number of hydrogen-bond donors (Lipinski definition) is 1. The monoisotopic (exact) mass is 394 g/mol. The molecule has 2 heterocycles. The number of aromatic nitrogens is 1. The van der Waals surface area contributed by atoms with E-state index in [4.69, 9.17) is 23.2 Å². The molecule has 122 valence electrons. The highest BCUT2D eigenvalue weighted by atomic mass is 35.5. The van der Waals surface area contributed by atoms with Gasteiger partial charge in [-0.2, -0.15) is 0 Å². The molecule has 2 aromatic heterocycles. The van der Waals surface area contributed by atoms with Crippen LogP contribution in [0.25, 0.3) is 6.08 Å². The third-order valence-corrected chi connectivity index (χ3v) is 5.44. The number of nitrogens with one attached hydrogen (secondary N) is 1. The molecule has 3 aromatic rings. The molecular weight excluding hydrogens is 383 g/mol. The highest BCUT2D eigenvalue weighted by Crippen LogP contribution is 2.26. The second kappa shape index (κ2) is 7.94. The second-order valence-electron chi connectivity index (χ2n) is 4.88. The van der Waals surface area contributed by atoms with Gasteiger partial charge in [0.2, 0.25) is 5.91 Å². The molecule has 1 amide bonds. The largest absolute Gasteiger partial charge is 0.298 e. The van der Waals surface area contributed by atoms with Crippen LogP contribution in [0.5, 0.6) is 0 Å². The summed E-state index contributed by atoms with van der Waals surface area (Å²) in [4.78, 5) is 18.2. The molecule has 0 unspecified atom stereocenters. The van der Waals surface area contributed by atoms with Crippen LogP contribution in [0.1, 0.15) is 15.3 Å². The number of nitrogens with zero attached hydrogens (tertiary/aromatic N) is 1. The summed E-state index contributed by atoms with van der Waals surface area (Å²) in [5, 5.41) is 6.53. The van der Waals surface area contributed by atoms with Crippen molar-refractivity contribution >= 4 is 63.0 Å². The molecule has 0 spiro atoms. The summed E-state index contributed by atoms with van der Waals surface area (Å²) in [5.41, 5.74) is 0.972. The van der Waals surface area contributed by atoms with E-state index in [-0.39, 0.29) is 5.91 Å². The molecule has 0 bridgehead atoms. The molecule has 3 nitrogen and oxygen atoms in total. The Hall–Kier alpha value is -1.66. The van der Waals surface area contributed by atoms with Crippen molar-refractivity contribution in [1.82, 2.24) is 4.98 Å². The molecule has 0 aliphatic rings. The molecule has 0 aliphatic carbocycles. The van der Waals surface area contributed by atoms with E-state index in [1.807, 2.05) is 29.6 Å². The predicted octanol–water partition coefficient (Wildman–Crippen LogP) is 5.75. The molecule has 0 saturated carbocycles. The van der Waals surface area contributed by atoms with E-state index < -0.39 is 0 Å². The van der Waals surface area contributed by atoms with E-state index in [9.17, 15) is 4.79 Å². The van der Waals surface area contributed by atoms with E-state index in [0.29, 0.717) is 21.6 Å². The number of anilines is 1. The van der Waals surface area contributed by atoms with Gasteiger partial charge in [0.15, 0.2) is 5.13 Å². The maximum Gasteiger partial charge on any atom is 0.250 e. The molecule has 0 atom stereocenters. The zero-order valence-electron chi connectivity index (χ0n) is 12.3. The first kappa shape index (κ1) is 17.2. The Balaban J connectivity index is 1.62. The van der Waals surface area contributed by atoms with Gasteiger partial charge >= 0.3 is 0 Å². The minimum atomic E-state index is -0.200. The number of carbonyl (C=O) groups excluding carboxylic acids is 1. The minimum absolute atomic E-state index is 0.200. The molecule has 0 aliphatic heterocycles. The van der Waals surface area contributed by atoms with Gasteiger partial charge in [0.25, 0.3) is 0 Å². The van der Waals surface area contributed by atoms with Crippen LogP contribution >= 0.6 is 45.9 Å². The summed E-state index contributed by atoms with van der Waals surface area (Å²) in [6.07, 6.45) is 5.67. The first-order valence-corrected chi connectivity index (χ1v) is 9.46. The van der Waals surface area contributed by atoms with Crippen molar-refractivity contribution in [1.29, 1.82) is 0 Å². The van der Waals surface area contributed by atoms with Crippen molar-refractivity contribution in [3.05, 3.63) is 73.3 Å². The number of benzene rings is 1. The van der Waals surface area contributed by atoms with E-state index in [0.717, 1.165) is 15.3 Å². The number of thiazole rings is 1. The fraction of sp³-hybridized carbons (Fsp3) is 0.0588. The highest BCUT2D eigenvalue weighted by molar-refractivity contribution is 7.15. The second-order valence-corrected chi connectivity index (χ2v) is 7.82. The van der Waals surface area contributed by atoms with Crippen molar-refractivity contribution < 1.29 is 4.79 Å². The van der Waals surface area contributed by atoms with Crippen molar-refractivity contribution in [3.8, 4) is 0 Å². The summed E-state index contributed by atoms with van der Waals surface area (Å²) in [6, 6.07) is 9.31. The lowest BCUT2D eigenvalue weighted by Crippen LogP contribution is -2.06. The predicted molar refractivity (Wildman–Crippen MR) is 103 cm³/mol. The summed E-state index contributed by atoms with van der Waals surface area (Å²) in [5.74, 6) is -0.200. The number of halogens is 2. The van der Waals surface area contributed by atoms with Crippen LogP contribution in [0.4, 0.5) is 5.13 Å². The molecule has 24 heavy (non-hydrogen) atoms. The lowest BCUT2D eigenvalue weighted by molar-refractivity contribution is -0.111. The van der Waals surface area contributed by atoms with Crippen LogP contribution in [0.3, 0.4) is 0 Å². The maximum absolute atomic E-state index is 11.9. The zero-order valence-corrected chi connectivity index (χ0v) is 15.5. The lowest BCUT2D eigenvalue weighted by Gasteiger charge is -2.02. The first-order chi connectivity index (χ1) is 11.6. The Morgan fingerprint density at radius 3 is 2.92 bits per heavy atom. The van der Waals surface area contributed by atoms with Crippen molar-refractivity contribution in [2.24, 2.45) is 0 Å². The molecule has 1 aromatic carbocycles. The standard InChI is InChI=1S/C17H12Cl2N2OS2/c18-12-4-3-11(15(19)9-12)8-14-10-20-17(24-14)21-16(22)6-5-13-2-1-7-23-13/h1-7,9-10H,8H2,(H,20,21,22). The van der Waals surface area contributed by atoms with Gasteiger partial charge in [0, 0.05) is 38.5 Å². The van der Waals surface area contributed by atoms with Gasteiger partial charge in [0.05, 0.1) is 0 Å². The van der Waals surface area contributed by atoms with Crippen LogP contribution in [0, 0.1) is 0 Å². The molecule has 0 saturated heterocycles. The maximum atomic E-state index is 11.9. The van der Waals surface area contributed by atoms with Gasteiger partial charge in [-0.15, -0.1) is 22.7 Å². The summed E-state index contributed by atoms with van der Waals surface area (Å²) in [7, 11) is 0. The Morgan fingerprint density at radius 2 is 2.17 bits per heavy atom. The minimum Gasteiger partial charge on any atom is -0.298 e. The smallest absolute Gasteiger partial charge is 0.250 e. The number of hydrogen-bond acceptors (Lipinski definition) is 4. The van der Waals surface area contributed by atoms with Crippen molar-refractivity contribution in [3.63, 3.8) is 0 Å². The van der Waals surface area contributed by atoms with E-state index >= 15 is 0 Å². The van der Waals surface area contributed by atoms with Crippen LogP contribution in [-0.4, -0.2) is 10.9 Å². The lowest BCUT2D eigenvalue weighted by atomic mass is 10.1. The SMILES string of the molecule is O=C(C=Cc1cccs1)Nc1ncc(Cc2ccc(Cl)cc2Cl)s1. The number of rotatable bonds is 5. The highest BCUT2D eigenvalue weighted by Gasteiger charge is 2.08. The Kier molecular flexibility index (Phi) is 5.68. The molecule has 3 rings (SSSR count). The summed E-state index contributed by atoms with van der Waals surface area (Å²) < 4.78 is 0. The molecular formula is C17H12Cl2N2OS2. The van der Waals surface area contributed by atoms with Gasteiger partial charge in [-0.1, -0.05) is 35.3 Å². The van der Waals surface area contributed by atoms with Crippen molar-refractivity contribution in [2.45, 2.75) is 6.42 Å². The topological polar surface area (TPSA) is 42.0 Å². The molecule has 0 radical (unpaired) electrons. The van der Waals surface area contributed by atoms with Gasteiger partial charge in [-0.05, 0) is 35.2 Å². The van der Waals surface area contributed by atoms with Crippen LogP contribution in [0.2, 0.25) is 10.0 Å². The fourth-order valence-corrected chi connectivity index (χ4v) is 3.92. The normalized spacial score (nSPS) is 11.1. The van der Waals surface area contributed by atoms with Gasteiger partial charge in [0.1, 0.15) is 0 Å². The average Bonchev–Trinajstić information content (AvgIpc) is 3.20. The van der Waals surface area contributed by atoms with Gasteiger partial charge in [-0.3, -0.25) is 10.1 Å². The summed E-state index contributed by atoms with van der Waals surface area (Å²) in [6.45, 7) is 0. The Bertz CT molecular complexity index is 873. The van der Waals surface area contributed by atoms with Crippen molar-refractivity contribution in [2.75, 3.05) is 5.32 Å². The van der Waals surface area contributed by atoms with E-state index in [1.165, 1.54) is 17.4 Å². The van der Waals surface area contributed by atoms with Crippen LogP contribution in [-0.2, 0) is 11.2 Å². The molecule has 1 N–H and O–H groups in total. The van der Waals surface area contributed by atoms with Gasteiger partial charge < -0.3 is 0 Å². The van der Waals surface area contributed by atoms with E-state index in [1.54, 1.807) is 29.7 Å². The molecule has 7 heteroatoms. The summed E-state index contributed by atoms with van der Waals surface area (Å²) >= 11 is 15.1. The average molecular weight is 395 g/mol. The third kappa shape index (κ3) is 4.68.